The topological polar surface area (TPSA) is 86.3 Å². The highest BCUT2D eigenvalue weighted by Gasteiger charge is 2.31. The predicted octanol–water partition coefficient (Wildman–Crippen LogP) is 7.70. The van der Waals surface area contributed by atoms with Crippen molar-refractivity contribution in [3.05, 3.63) is 53.4 Å². The molecule has 0 radical (unpaired) electrons. The van der Waals surface area contributed by atoms with Crippen molar-refractivity contribution in [2.75, 3.05) is 11.5 Å². The summed E-state index contributed by atoms with van der Waals surface area (Å²) in [6.45, 7) is 4.08. The molecule has 10 heteroatoms. The summed E-state index contributed by atoms with van der Waals surface area (Å²) in [4.78, 5) is 23.9. The minimum Gasteiger partial charge on any atom is -0.258 e. The van der Waals surface area contributed by atoms with Gasteiger partial charge in [-0.15, -0.1) is 23.5 Å². The molecule has 0 atom stereocenters. The molecule has 6 nitrogen and oxygen atoms in total. The summed E-state index contributed by atoms with van der Waals surface area (Å²) < 4.78 is 1.50. The van der Waals surface area contributed by atoms with E-state index in [4.69, 9.17) is 0 Å². The summed E-state index contributed by atoms with van der Waals surface area (Å²) in [6.07, 6.45) is 1.81. The molecule has 0 saturated heterocycles. The Morgan fingerprint density at radius 1 is 0.857 bits per heavy atom. The SMILES string of the molecule is CCCSc1c(Br)cc(Br)c(SCCC)c1-c1c([N+](=O)[O-])cccc1[N+](=O)[O-]. The third-order valence-corrected chi connectivity index (χ3v) is 8.13. The third-order valence-electron chi connectivity index (χ3n) is 3.71. The van der Waals surface area contributed by atoms with Crippen molar-refractivity contribution in [3.63, 3.8) is 0 Å². The van der Waals surface area contributed by atoms with E-state index in [1.165, 1.54) is 41.7 Å². The highest BCUT2D eigenvalue weighted by molar-refractivity contribution is 9.11. The van der Waals surface area contributed by atoms with Crippen LogP contribution in [0.4, 0.5) is 11.4 Å². The molecule has 0 unspecified atom stereocenters. The smallest absolute Gasteiger partial charge is 0.258 e. The highest BCUT2D eigenvalue weighted by atomic mass is 79.9. The molecule has 0 aliphatic rings. The van der Waals surface area contributed by atoms with Crippen molar-refractivity contribution in [3.8, 4) is 11.1 Å². The second kappa shape index (κ2) is 10.6. The molecule has 0 bridgehead atoms. The van der Waals surface area contributed by atoms with E-state index in [1.54, 1.807) is 0 Å². The quantitative estimate of drug-likeness (QED) is 0.181. The molecule has 0 aliphatic carbocycles. The maximum atomic E-state index is 11.7. The maximum Gasteiger partial charge on any atom is 0.284 e. The molecular formula is C18H18Br2N2O4S2. The lowest BCUT2D eigenvalue weighted by Crippen LogP contribution is -2.01. The van der Waals surface area contributed by atoms with E-state index in [0.717, 1.165) is 43.1 Å². The summed E-state index contributed by atoms with van der Waals surface area (Å²) in [5.41, 5.74) is 0.0562. The molecule has 2 aromatic carbocycles. The Kier molecular flexibility index (Phi) is 8.79. The van der Waals surface area contributed by atoms with Crippen molar-refractivity contribution in [2.45, 2.75) is 36.5 Å². The first kappa shape index (κ1) is 23.2. The number of halogens is 2. The third kappa shape index (κ3) is 5.08. The molecule has 2 aromatic rings. The minimum atomic E-state index is -0.556. The van der Waals surface area contributed by atoms with Crippen LogP contribution >= 0.6 is 55.4 Å². The minimum absolute atomic E-state index is 0.0525. The fourth-order valence-electron chi connectivity index (χ4n) is 2.59. The molecule has 0 heterocycles. The number of hydrogen-bond acceptors (Lipinski definition) is 6. The predicted molar refractivity (Wildman–Crippen MR) is 123 cm³/mol. The van der Waals surface area contributed by atoms with Crippen LogP contribution in [0, 0.1) is 20.2 Å². The van der Waals surface area contributed by atoms with Crippen LogP contribution in [0.1, 0.15) is 26.7 Å². The molecule has 0 aliphatic heterocycles. The van der Waals surface area contributed by atoms with Crippen LogP contribution in [0.15, 0.2) is 43.0 Å². The van der Waals surface area contributed by atoms with Crippen LogP contribution in [-0.2, 0) is 0 Å². The lowest BCUT2D eigenvalue weighted by atomic mass is 10.0. The van der Waals surface area contributed by atoms with Crippen molar-refractivity contribution in [2.24, 2.45) is 0 Å². The zero-order valence-corrected chi connectivity index (χ0v) is 20.0. The number of hydrogen-bond donors (Lipinski definition) is 0. The molecule has 2 rings (SSSR count). The summed E-state index contributed by atoms with van der Waals surface area (Å²) in [6, 6.07) is 5.89. The van der Waals surface area contributed by atoms with E-state index < -0.39 is 9.85 Å². The first-order valence-electron chi connectivity index (χ1n) is 8.53. The number of nitrogens with zero attached hydrogens (tertiary/aromatic N) is 2. The molecule has 0 N–H and O–H groups in total. The standard InChI is InChI=1S/C18H18Br2N2O4S2/c1-3-8-27-17-11(19)10-12(20)18(28-9-4-2)16(17)15-13(21(23)24)6-5-7-14(15)22(25)26/h5-7,10H,3-4,8-9H2,1-2H3. The molecular weight excluding hydrogens is 532 g/mol. The van der Waals surface area contributed by atoms with Crippen LogP contribution in [0.3, 0.4) is 0 Å². The van der Waals surface area contributed by atoms with Gasteiger partial charge in [0.1, 0.15) is 5.56 Å². The monoisotopic (exact) mass is 548 g/mol. The molecule has 0 aromatic heterocycles. The number of thioether (sulfide) groups is 2. The molecule has 150 valence electrons. The molecule has 28 heavy (non-hydrogen) atoms. The first-order valence-corrected chi connectivity index (χ1v) is 12.1. The van der Waals surface area contributed by atoms with Gasteiger partial charge < -0.3 is 0 Å². The Morgan fingerprint density at radius 2 is 1.29 bits per heavy atom. The van der Waals surface area contributed by atoms with Crippen LogP contribution in [0.2, 0.25) is 0 Å². The second-order valence-corrected chi connectivity index (χ2v) is 9.67. The molecule has 0 fully saturated rings. The Hall–Kier alpha value is -1.10. The van der Waals surface area contributed by atoms with Gasteiger partial charge in [-0.1, -0.05) is 13.8 Å². The van der Waals surface area contributed by atoms with Crippen LogP contribution in [-0.4, -0.2) is 21.4 Å². The van der Waals surface area contributed by atoms with Crippen molar-refractivity contribution < 1.29 is 9.85 Å². The van der Waals surface area contributed by atoms with Gasteiger partial charge in [0.2, 0.25) is 0 Å². The molecule has 0 amide bonds. The van der Waals surface area contributed by atoms with Gasteiger partial charge in [-0.2, -0.15) is 0 Å². The van der Waals surface area contributed by atoms with E-state index in [1.807, 2.05) is 19.9 Å². The van der Waals surface area contributed by atoms with Gasteiger partial charge in [-0.25, -0.2) is 0 Å². The Bertz CT molecular complexity index is 845. The average Bonchev–Trinajstić information content (AvgIpc) is 2.65. The lowest BCUT2D eigenvalue weighted by Gasteiger charge is -2.18. The van der Waals surface area contributed by atoms with Gasteiger partial charge in [0.25, 0.3) is 11.4 Å². The summed E-state index contributed by atoms with van der Waals surface area (Å²) in [5, 5.41) is 23.5. The maximum absolute atomic E-state index is 11.7. The summed E-state index contributed by atoms with van der Waals surface area (Å²) in [5.74, 6) is 1.58. The number of nitro benzene ring substituents is 2. The van der Waals surface area contributed by atoms with E-state index in [0.29, 0.717) is 5.56 Å². The first-order chi connectivity index (χ1) is 13.3. The van der Waals surface area contributed by atoms with Gasteiger partial charge in [-0.05, 0) is 68.3 Å². The molecule has 0 spiro atoms. The fraction of sp³-hybridized carbons (Fsp3) is 0.333. The largest absolute Gasteiger partial charge is 0.284 e. The zero-order chi connectivity index (χ0) is 20.8. The molecule has 0 saturated carbocycles. The van der Waals surface area contributed by atoms with E-state index in [-0.39, 0.29) is 16.9 Å². The van der Waals surface area contributed by atoms with Crippen molar-refractivity contribution in [1.29, 1.82) is 0 Å². The zero-order valence-electron chi connectivity index (χ0n) is 15.2. The number of rotatable bonds is 9. The van der Waals surface area contributed by atoms with Gasteiger partial charge in [-0.3, -0.25) is 20.2 Å². The average molecular weight is 550 g/mol. The van der Waals surface area contributed by atoms with Crippen LogP contribution < -0.4 is 0 Å². The van der Waals surface area contributed by atoms with Crippen LogP contribution in [0.5, 0.6) is 0 Å². The fourth-order valence-corrected chi connectivity index (χ4v) is 6.41. The Morgan fingerprint density at radius 3 is 1.64 bits per heavy atom. The van der Waals surface area contributed by atoms with Gasteiger partial charge in [0.05, 0.1) is 9.85 Å². The van der Waals surface area contributed by atoms with Gasteiger partial charge in [0.15, 0.2) is 0 Å². The Labute approximate surface area is 188 Å². The van der Waals surface area contributed by atoms with E-state index in [2.05, 4.69) is 31.9 Å². The normalized spacial score (nSPS) is 10.9. The van der Waals surface area contributed by atoms with Crippen LogP contribution in [0.25, 0.3) is 11.1 Å². The number of benzene rings is 2. The van der Waals surface area contributed by atoms with Gasteiger partial charge in [0, 0.05) is 36.4 Å². The summed E-state index contributed by atoms with van der Waals surface area (Å²) in [7, 11) is 0. The van der Waals surface area contributed by atoms with Gasteiger partial charge >= 0.3 is 0 Å². The van der Waals surface area contributed by atoms with E-state index >= 15 is 0 Å². The number of nitro groups is 2. The lowest BCUT2D eigenvalue weighted by molar-refractivity contribution is -0.392. The van der Waals surface area contributed by atoms with Crippen molar-refractivity contribution in [1.82, 2.24) is 0 Å². The summed E-state index contributed by atoms with van der Waals surface area (Å²) >= 11 is 10.2. The van der Waals surface area contributed by atoms with E-state index in [9.17, 15) is 20.2 Å². The Balaban J connectivity index is 2.96. The second-order valence-electron chi connectivity index (χ2n) is 5.76. The van der Waals surface area contributed by atoms with Crippen molar-refractivity contribution >= 4 is 66.8 Å². The highest BCUT2D eigenvalue weighted by Crippen LogP contribution is 2.51.